The number of ether oxygens (including phenoxy) is 1. The molecule has 2 atom stereocenters. The third kappa shape index (κ3) is 6.01. The summed E-state index contributed by atoms with van der Waals surface area (Å²) in [5.41, 5.74) is 1.11. The van der Waals surface area contributed by atoms with Gasteiger partial charge in [-0.1, -0.05) is 32.0 Å². The van der Waals surface area contributed by atoms with E-state index in [9.17, 15) is 4.79 Å². The van der Waals surface area contributed by atoms with Gasteiger partial charge in [-0.3, -0.25) is 4.79 Å². The first-order valence-electron chi connectivity index (χ1n) is 6.78. The zero-order chi connectivity index (χ0) is 14.1. The number of hydrogen-bond acceptors (Lipinski definition) is 4. The molecule has 0 aliphatic heterocycles. The maximum absolute atomic E-state index is 11.7. The smallest absolute Gasteiger partial charge is 0.319 e. The number of carbonyl (C=O) groups is 1. The van der Waals surface area contributed by atoms with Gasteiger partial charge >= 0.3 is 5.97 Å². The average Bonchev–Trinajstić information content (AvgIpc) is 2.44. The summed E-state index contributed by atoms with van der Waals surface area (Å²) in [4.78, 5) is 11.7. The normalized spacial score (nSPS) is 13.6. The van der Waals surface area contributed by atoms with Gasteiger partial charge in [-0.05, 0) is 25.5 Å². The molecule has 1 N–H and O–H groups in total. The highest BCUT2D eigenvalue weighted by Gasteiger charge is 2.20. The predicted molar refractivity (Wildman–Crippen MR) is 82.7 cm³/mol. The summed E-state index contributed by atoms with van der Waals surface area (Å²) in [7, 11) is 0. The number of para-hydroxylation sites is 1. The van der Waals surface area contributed by atoms with E-state index in [1.165, 1.54) is 0 Å². The molecule has 0 aromatic heterocycles. The fraction of sp³-hybridized carbons (Fsp3) is 0.533. The van der Waals surface area contributed by atoms with Crippen LogP contribution in [0.4, 0.5) is 5.69 Å². The predicted octanol–water partition coefficient (Wildman–Crippen LogP) is 3.56. The molecule has 1 aromatic rings. The van der Waals surface area contributed by atoms with Gasteiger partial charge in [0.15, 0.2) is 0 Å². The molecule has 0 spiro atoms. The van der Waals surface area contributed by atoms with Crippen molar-refractivity contribution >= 4 is 23.4 Å². The number of nitrogens with one attached hydrogen (secondary N) is 1. The van der Waals surface area contributed by atoms with Crippen LogP contribution in [0.2, 0.25) is 0 Å². The van der Waals surface area contributed by atoms with Crippen LogP contribution < -0.4 is 5.32 Å². The molecule has 0 aliphatic carbocycles. The first-order chi connectivity index (χ1) is 9.17. The van der Waals surface area contributed by atoms with Gasteiger partial charge in [-0.2, -0.15) is 0 Å². The second-order valence-electron chi connectivity index (χ2n) is 4.34. The lowest BCUT2D eigenvalue weighted by molar-refractivity contribution is -0.142. The monoisotopic (exact) mass is 281 g/mol. The van der Waals surface area contributed by atoms with Gasteiger partial charge in [0, 0.05) is 17.5 Å². The molecule has 0 radical (unpaired) electrons. The summed E-state index contributed by atoms with van der Waals surface area (Å²) in [5.74, 6) is -0.0958. The number of anilines is 1. The molecule has 0 bridgehead atoms. The van der Waals surface area contributed by atoms with E-state index in [0.717, 1.165) is 18.7 Å². The molecule has 0 aliphatic rings. The second kappa shape index (κ2) is 8.86. The van der Waals surface area contributed by atoms with Crippen molar-refractivity contribution in [2.75, 3.05) is 18.5 Å². The van der Waals surface area contributed by atoms with Crippen molar-refractivity contribution in [3.63, 3.8) is 0 Å². The third-order valence-corrected chi connectivity index (χ3v) is 4.17. The van der Waals surface area contributed by atoms with Crippen molar-refractivity contribution in [1.82, 2.24) is 0 Å². The number of benzene rings is 1. The quantitative estimate of drug-likeness (QED) is 0.739. The van der Waals surface area contributed by atoms with E-state index in [1.54, 1.807) is 11.8 Å². The molecular weight excluding hydrogens is 258 g/mol. The van der Waals surface area contributed by atoms with E-state index in [-0.39, 0.29) is 11.2 Å². The Morgan fingerprint density at radius 1 is 1.32 bits per heavy atom. The first-order valence-corrected chi connectivity index (χ1v) is 7.72. The molecule has 2 unspecified atom stereocenters. The topological polar surface area (TPSA) is 38.3 Å². The Hall–Kier alpha value is -1.16. The van der Waals surface area contributed by atoms with Crippen molar-refractivity contribution in [3.05, 3.63) is 30.3 Å². The fourth-order valence-corrected chi connectivity index (χ4v) is 2.81. The largest absolute Gasteiger partial charge is 0.465 e. The van der Waals surface area contributed by atoms with E-state index < -0.39 is 0 Å². The highest BCUT2D eigenvalue weighted by molar-refractivity contribution is 8.01. The van der Waals surface area contributed by atoms with Crippen LogP contribution in [0.3, 0.4) is 0 Å². The Morgan fingerprint density at radius 2 is 2.00 bits per heavy atom. The van der Waals surface area contributed by atoms with Crippen LogP contribution in [0.1, 0.15) is 27.2 Å². The molecular formula is C15H23NO2S. The Bertz CT molecular complexity index is 370. The van der Waals surface area contributed by atoms with Crippen LogP contribution in [0, 0.1) is 0 Å². The zero-order valence-corrected chi connectivity index (χ0v) is 12.7. The van der Waals surface area contributed by atoms with Crippen molar-refractivity contribution in [1.29, 1.82) is 0 Å². The molecule has 1 rings (SSSR count). The summed E-state index contributed by atoms with van der Waals surface area (Å²) in [6.45, 7) is 7.28. The lowest BCUT2D eigenvalue weighted by atomic mass is 10.3. The Morgan fingerprint density at radius 3 is 2.58 bits per heavy atom. The maximum Gasteiger partial charge on any atom is 0.319 e. The molecule has 4 heteroatoms. The minimum Gasteiger partial charge on any atom is -0.465 e. The third-order valence-electron chi connectivity index (χ3n) is 2.68. The van der Waals surface area contributed by atoms with Crippen LogP contribution >= 0.6 is 11.8 Å². The van der Waals surface area contributed by atoms with Crippen LogP contribution in [0.5, 0.6) is 0 Å². The van der Waals surface area contributed by atoms with E-state index in [4.69, 9.17) is 4.74 Å². The van der Waals surface area contributed by atoms with Crippen molar-refractivity contribution < 1.29 is 9.53 Å². The van der Waals surface area contributed by atoms with Crippen molar-refractivity contribution in [3.8, 4) is 0 Å². The van der Waals surface area contributed by atoms with Gasteiger partial charge in [0.25, 0.3) is 0 Å². The van der Waals surface area contributed by atoms with E-state index in [2.05, 4.69) is 12.2 Å². The van der Waals surface area contributed by atoms with E-state index in [0.29, 0.717) is 11.9 Å². The lowest BCUT2D eigenvalue weighted by Gasteiger charge is -2.19. The molecule has 0 saturated heterocycles. The number of thioether (sulfide) groups is 1. The van der Waals surface area contributed by atoms with E-state index >= 15 is 0 Å². The van der Waals surface area contributed by atoms with Crippen LogP contribution in [-0.2, 0) is 9.53 Å². The standard InChI is InChI=1S/C15H23NO2S/c1-4-14(15(17)18-5-2)19-12(3)11-16-13-9-7-6-8-10-13/h6-10,12,14,16H,4-5,11H2,1-3H3. The van der Waals surface area contributed by atoms with Crippen LogP contribution in [0.15, 0.2) is 30.3 Å². The van der Waals surface area contributed by atoms with Crippen molar-refractivity contribution in [2.24, 2.45) is 0 Å². The SMILES string of the molecule is CCOC(=O)C(CC)SC(C)CNc1ccccc1. The van der Waals surface area contributed by atoms with E-state index in [1.807, 2.05) is 44.2 Å². The summed E-state index contributed by atoms with van der Waals surface area (Å²) in [6.07, 6.45) is 0.805. The Labute approximate surface area is 120 Å². The first kappa shape index (κ1) is 15.9. The highest BCUT2D eigenvalue weighted by Crippen LogP contribution is 2.22. The van der Waals surface area contributed by atoms with Gasteiger partial charge in [0.2, 0.25) is 0 Å². The molecule has 106 valence electrons. The number of carbonyl (C=O) groups excluding carboxylic acids is 1. The molecule has 1 aromatic carbocycles. The summed E-state index contributed by atoms with van der Waals surface area (Å²) < 4.78 is 5.08. The van der Waals surface area contributed by atoms with Crippen molar-refractivity contribution in [2.45, 2.75) is 37.7 Å². The number of rotatable bonds is 8. The van der Waals surface area contributed by atoms with Crippen LogP contribution in [-0.4, -0.2) is 29.6 Å². The maximum atomic E-state index is 11.7. The lowest BCUT2D eigenvalue weighted by Crippen LogP contribution is -2.24. The van der Waals surface area contributed by atoms with Crippen LogP contribution in [0.25, 0.3) is 0 Å². The van der Waals surface area contributed by atoms with Gasteiger partial charge < -0.3 is 10.1 Å². The summed E-state index contributed by atoms with van der Waals surface area (Å²) >= 11 is 1.67. The highest BCUT2D eigenvalue weighted by atomic mass is 32.2. The average molecular weight is 281 g/mol. The minimum absolute atomic E-state index is 0.0625. The Kier molecular flexibility index (Phi) is 7.41. The molecule has 0 fully saturated rings. The number of hydrogen-bond donors (Lipinski definition) is 1. The minimum atomic E-state index is -0.0958. The summed E-state index contributed by atoms with van der Waals surface area (Å²) in [5, 5.41) is 3.67. The zero-order valence-electron chi connectivity index (χ0n) is 11.9. The second-order valence-corrected chi connectivity index (χ2v) is 5.99. The van der Waals surface area contributed by atoms with Gasteiger partial charge in [-0.15, -0.1) is 11.8 Å². The summed E-state index contributed by atoms with van der Waals surface area (Å²) in [6, 6.07) is 10.1. The molecule has 3 nitrogen and oxygen atoms in total. The van der Waals surface area contributed by atoms with Gasteiger partial charge in [-0.25, -0.2) is 0 Å². The Balaban J connectivity index is 2.36. The molecule has 0 heterocycles. The van der Waals surface area contributed by atoms with Gasteiger partial charge in [0.05, 0.1) is 6.61 Å². The molecule has 0 saturated carbocycles. The number of esters is 1. The molecule has 0 amide bonds. The molecule has 19 heavy (non-hydrogen) atoms. The van der Waals surface area contributed by atoms with Gasteiger partial charge in [0.1, 0.15) is 5.25 Å². The fourth-order valence-electron chi connectivity index (χ4n) is 1.70.